The van der Waals surface area contributed by atoms with Crippen LogP contribution in [0.25, 0.3) is 0 Å². The predicted molar refractivity (Wildman–Crippen MR) is 112 cm³/mol. The number of anilines is 2. The molecule has 10 heteroatoms. The van der Waals surface area contributed by atoms with Gasteiger partial charge in [-0.15, -0.1) is 0 Å². The van der Waals surface area contributed by atoms with Gasteiger partial charge in [0.2, 0.25) is 5.91 Å². The first-order valence-corrected chi connectivity index (χ1v) is 10.5. The van der Waals surface area contributed by atoms with Crippen LogP contribution in [0.3, 0.4) is 0 Å². The van der Waals surface area contributed by atoms with Gasteiger partial charge in [-0.05, 0) is 49.6 Å². The molecule has 1 saturated heterocycles. The van der Waals surface area contributed by atoms with Crippen molar-refractivity contribution in [1.82, 2.24) is 0 Å². The Labute approximate surface area is 186 Å². The molecule has 0 radical (unpaired) electrons. The Morgan fingerprint density at radius 1 is 1.16 bits per heavy atom. The second kappa shape index (κ2) is 8.44. The monoisotopic (exact) mass is 472 g/mol. The number of carbonyl (C=O) groups excluding carboxylic acids is 1. The van der Waals surface area contributed by atoms with Crippen LogP contribution >= 0.6 is 11.6 Å². The van der Waals surface area contributed by atoms with Crippen LogP contribution in [0.4, 0.5) is 28.9 Å². The van der Waals surface area contributed by atoms with Crippen molar-refractivity contribution in [3.8, 4) is 5.75 Å². The summed E-state index contributed by atoms with van der Waals surface area (Å²) in [6.07, 6.45) is -3.65. The molecule has 2 heterocycles. The van der Waals surface area contributed by atoms with Gasteiger partial charge in [-0.2, -0.15) is 13.2 Å². The minimum atomic E-state index is -4.55. The number of amides is 1. The first-order chi connectivity index (χ1) is 15.1. The fourth-order valence-electron chi connectivity index (χ4n) is 4.09. The second-order valence-corrected chi connectivity index (χ2v) is 8.54. The molecule has 172 valence electrons. The molecule has 0 bridgehead atoms. The fraction of sp³-hybridized carbons (Fsp3) is 0.409. The average molecular weight is 473 g/mol. The Morgan fingerprint density at radius 3 is 2.56 bits per heavy atom. The van der Waals surface area contributed by atoms with Crippen molar-refractivity contribution in [3.63, 3.8) is 0 Å². The third-order valence-electron chi connectivity index (χ3n) is 5.88. The van der Waals surface area contributed by atoms with Gasteiger partial charge in [0.1, 0.15) is 23.8 Å². The minimum Gasteiger partial charge on any atom is -0.490 e. The number of hydrogen-bond acceptors (Lipinski definition) is 4. The molecular formula is C22H21ClF4N2O3. The Balaban J connectivity index is 1.44. The van der Waals surface area contributed by atoms with Gasteiger partial charge in [-0.3, -0.25) is 4.79 Å². The highest BCUT2D eigenvalue weighted by atomic mass is 35.5. The third kappa shape index (κ3) is 4.63. The van der Waals surface area contributed by atoms with E-state index < -0.39 is 23.2 Å². The van der Waals surface area contributed by atoms with E-state index in [0.717, 1.165) is 6.07 Å². The standard InChI is InChI=1S/C22H21ClF4N2O3/c23-13-1-4-17(15(11-13)22(25,26)27)29-9-7-21(31,8-10-29)12-32-18-5-3-16(24)20-14(18)2-6-19(30)28-20/h1,3-5,11,31H,2,6-10,12H2,(H,28,30). The molecule has 0 aromatic heterocycles. The van der Waals surface area contributed by atoms with Crippen LogP contribution in [-0.2, 0) is 17.4 Å². The number of fused-ring (bicyclic) bond motifs is 1. The molecule has 0 aliphatic carbocycles. The molecule has 2 aliphatic rings. The summed E-state index contributed by atoms with van der Waals surface area (Å²) < 4.78 is 60.1. The summed E-state index contributed by atoms with van der Waals surface area (Å²) in [6, 6.07) is 6.29. The van der Waals surface area contributed by atoms with E-state index >= 15 is 0 Å². The van der Waals surface area contributed by atoms with E-state index in [-0.39, 0.29) is 61.3 Å². The van der Waals surface area contributed by atoms with E-state index in [1.54, 1.807) is 4.90 Å². The highest BCUT2D eigenvalue weighted by Gasteiger charge is 2.39. The van der Waals surface area contributed by atoms with Gasteiger partial charge in [0.25, 0.3) is 0 Å². The van der Waals surface area contributed by atoms with Crippen LogP contribution < -0.4 is 15.0 Å². The smallest absolute Gasteiger partial charge is 0.418 e. The largest absolute Gasteiger partial charge is 0.490 e. The molecule has 4 rings (SSSR count). The lowest BCUT2D eigenvalue weighted by Crippen LogP contribution is -2.48. The lowest BCUT2D eigenvalue weighted by atomic mass is 9.91. The van der Waals surface area contributed by atoms with Crippen molar-refractivity contribution >= 4 is 28.9 Å². The first-order valence-electron chi connectivity index (χ1n) is 10.1. The second-order valence-electron chi connectivity index (χ2n) is 8.11. The molecule has 2 aromatic rings. The van der Waals surface area contributed by atoms with E-state index in [9.17, 15) is 27.5 Å². The molecule has 2 aromatic carbocycles. The number of nitrogens with one attached hydrogen (secondary N) is 1. The Morgan fingerprint density at radius 2 is 1.88 bits per heavy atom. The number of aliphatic hydroxyl groups is 1. The van der Waals surface area contributed by atoms with Gasteiger partial charge in [-0.1, -0.05) is 11.6 Å². The number of piperidine rings is 1. The van der Waals surface area contributed by atoms with Crippen molar-refractivity contribution in [1.29, 1.82) is 0 Å². The molecule has 1 amide bonds. The van der Waals surface area contributed by atoms with E-state index in [2.05, 4.69) is 5.32 Å². The molecule has 0 spiro atoms. The number of nitrogens with zero attached hydrogens (tertiary/aromatic N) is 1. The SMILES string of the molecule is O=C1CCc2c(OCC3(O)CCN(c4ccc(Cl)cc4C(F)(F)F)CC3)ccc(F)c2N1. The Hall–Kier alpha value is -2.52. The topological polar surface area (TPSA) is 61.8 Å². The number of benzene rings is 2. The summed E-state index contributed by atoms with van der Waals surface area (Å²) in [5.74, 6) is -0.467. The van der Waals surface area contributed by atoms with Crippen LogP contribution in [0.5, 0.6) is 5.75 Å². The quantitative estimate of drug-likeness (QED) is 0.628. The lowest BCUT2D eigenvalue weighted by molar-refractivity contribution is -0.137. The normalized spacial score (nSPS) is 18.2. The molecule has 0 unspecified atom stereocenters. The summed E-state index contributed by atoms with van der Waals surface area (Å²) >= 11 is 5.75. The van der Waals surface area contributed by atoms with Crippen LogP contribution in [0.1, 0.15) is 30.4 Å². The van der Waals surface area contributed by atoms with E-state index in [1.807, 2.05) is 0 Å². The molecule has 0 saturated carbocycles. The van der Waals surface area contributed by atoms with Crippen LogP contribution in [0, 0.1) is 5.82 Å². The summed E-state index contributed by atoms with van der Waals surface area (Å²) in [5, 5.41) is 13.4. The summed E-state index contributed by atoms with van der Waals surface area (Å²) in [6.45, 7) is 0.296. The third-order valence-corrected chi connectivity index (χ3v) is 6.12. The maximum Gasteiger partial charge on any atom is 0.418 e. The average Bonchev–Trinajstić information content (AvgIpc) is 2.74. The predicted octanol–water partition coefficient (Wildman–Crippen LogP) is 4.79. The van der Waals surface area contributed by atoms with Crippen molar-refractivity contribution in [2.75, 3.05) is 29.9 Å². The Bertz CT molecular complexity index is 1040. The highest BCUT2D eigenvalue weighted by molar-refractivity contribution is 6.30. The number of halogens is 5. The van der Waals surface area contributed by atoms with Gasteiger partial charge in [0.15, 0.2) is 0 Å². The van der Waals surface area contributed by atoms with Crippen molar-refractivity contribution in [3.05, 3.63) is 52.3 Å². The fourth-order valence-corrected chi connectivity index (χ4v) is 4.26. The van der Waals surface area contributed by atoms with Crippen molar-refractivity contribution < 1.29 is 32.2 Å². The molecule has 2 aliphatic heterocycles. The Kier molecular flexibility index (Phi) is 5.98. The summed E-state index contributed by atoms with van der Waals surface area (Å²) in [4.78, 5) is 13.1. The van der Waals surface area contributed by atoms with Gasteiger partial charge in [0.05, 0.1) is 11.3 Å². The van der Waals surface area contributed by atoms with E-state index in [0.29, 0.717) is 17.7 Å². The number of carbonyl (C=O) groups is 1. The van der Waals surface area contributed by atoms with Gasteiger partial charge < -0.3 is 20.1 Å². The van der Waals surface area contributed by atoms with Crippen molar-refractivity contribution in [2.45, 2.75) is 37.5 Å². The first kappa shape index (κ1) is 22.7. The highest BCUT2D eigenvalue weighted by Crippen LogP contribution is 2.40. The van der Waals surface area contributed by atoms with E-state index in [4.69, 9.17) is 16.3 Å². The van der Waals surface area contributed by atoms with Crippen LogP contribution in [0.15, 0.2) is 30.3 Å². The van der Waals surface area contributed by atoms with Gasteiger partial charge >= 0.3 is 6.18 Å². The molecule has 2 N–H and O–H groups in total. The molecule has 1 fully saturated rings. The summed E-state index contributed by atoms with van der Waals surface area (Å²) in [5.41, 5.74) is -1.43. The van der Waals surface area contributed by atoms with Gasteiger partial charge in [0, 0.05) is 35.8 Å². The molecule has 32 heavy (non-hydrogen) atoms. The molecule has 0 atom stereocenters. The lowest BCUT2D eigenvalue weighted by Gasteiger charge is -2.40. The number of ether oxygens (including phenoxy) is 1. The zero-order chi connectivity index (χ0) is 23.1. The zero-order valence-electron chi connectivity index (χ0n) is 16.9. The molecule has 5 nitrogen and oxygen atoms in total. The number of alkyl halides is 3. The maximum atomic E-state index is 14.0. The maximum absolute atomic E-state index is 14.0. The van der Waals surface area contributed by atoms with Crippen LogP contribution in [0.2, 0.25) is 5.02 Å². The minimum absolute atomic E-state index is 0.00168. The number of rotatable bonds is 4. The zero-order valence-corrected chi connectivity index (χ0v) is 17.7. The summed E-state index contributed by atoms with van der Waals surface area (Å²) in [7, 11) is 0. The number of hydrogen-bond donors (Lipinski definition) is 2. The van der Waals surface area contributed by atoms with Crippen molar-refractivity contribution in [2.24, 2.45) is 0 Å². The van der Waals surface area contributed by atoms with Gasteiger partial charge in [-0.25, -0.2) is 4.39 Å². The van der Waals surface area contributed by atoms with E-state index in [1.165, 1.54) is 24.3 Å². The van der Waals surface area contributed by atoms with Crippen LogP contribution in [-0.4, -0.2) is 36.3 Å². The molecular weight excluding hydrogens is 452 g/mol.